The molecule has 0 bridgehead atoms. The van der Waals surface area contributed by atoms with E-state index in [2.05, 4.69) is 46.3 Å². The molecular weight excluding hydrogens is 278 g/mol. The fourth-order valence-corrected chi connectivity index (χ4v) is 2.80. The molecule has 1 saturated heterocycles. The smallest absolute Gasteiger partial charge is 0.222 e. The van der Waals surface area contributed by atoms with E-state index in [-0.39, 0.29) is 11.9 Å². The molecule has 5 heteroatoms. The van der Waals surface area contributed by atoms with E-state index in [1.165, 1.54) is 5.69 Å². The van der Waals surface area contributed by atoms with Gasteiger partial charge in [0.05, 0.1) is 6.61 Å². The van der Waals surface area contributed by atoms with Gasteiger partial charge < -0.3 is 15.0 Å². The summed E-state index contributed by atoms with van der Waals surface area (Å²) >= 11 is 0. The topological polar surface area (TPSA) is 44.8 Å². The molecule has 122 valence electrons. The molecule has 0 saturated carbocycles. The lowest BCUT2D eigenvalue weighted by molar-refractivity contribution is -0.122. The van der Waals surface area contributed by atoms with Crippen molar-refractivity contribution >= 4 is 11.6 Å². The Bertz CT molecular complexity index is 444. The number of hydrogen-bond acceptors (Lipinski definition) is 4. The summed E-state index contributed by atoms with van der Waals surface area (Å²) in [6.45, 7) is 7.59. The number of ether oxygens (including phenoxy) is 1. The van der Waals surface area contributed by atoms with Crippen molar-refractivity contribution < 1.29 is 9.53 Å². The van der Waals surface area contributed by atoms with Gasteiger partial charge in [-0.25, -0.2) is 0 Å². The van der Waals surface area contributed by atoms with Crippen LogP contribution in [0.15, 0.2) is 30.3 Å². The molecule has 0 aromatic heterocycles. The molecule has 1 aromatic rings. The van der Waals surface area contributed by atoms with Crippen LogP contribution >= 0.6 is 0 Å². The van der Waals surface area contributed by atoms with E-state index in [4.69, 9.17) is 4.74 Å². The highest BCUT2D eigenvalue weighted by Gasteiger charge is 2.19. The molecule has 2 rings (SSSR count). The number of carbonyl (C=O) groups is 1. The summed E-state index contributed by atoms with van der Waals surface area (Å²) < 4.78 is 4.92. The molecule has 22 heavy (non-hydrogen) atoms. The van der Waals surface area contributed by atoms with Crippen LogP contribution in [0, 0.1) is 0 Å². The zero-order valence-electron chi connectivity index (χ0n) is 13.6. The van der Waals surface area contributed by atoms with Crippen molar-refractivity contribution in [2.75, 3.05) is 51.3 Å². The summed E-state index contributed by atoms with van der Waals surface area (Å²) in [7, 11) is 1.61. The Kier molecular flexibility index (Phi) is 6.68. The zero-order valence-corrected chi connectivity index (χ0v) is 13.6. The summed E-state index contributed by atoms with van der Waals surface area (Å²) in [5.74, 6) is 0.0669. The molecule has 1 atom stereocenters. The Morgan fingerprint density at radius 3 is 2.55 bits per heavy atom. The highest BCUT2D eigenvalue weighted by molar-refractivity contribution is 5.76. The number of methoxy groups -OCH3 is 1. The van der Waals surface area contributed by atoms with E-state index in [0.29, 0.717) is 13.0 Å². The van der Waals surface area contributed by atoms with Crippen molar-refractivity contribution in [3.63, 3.8) is 0 Å². The normalized spacial score (nSPS) is 17.3. The second-order valence-electron chi connectivity index (χ2n) is 5.83. The van der Waals surface area contributed by atoms with Crippen molar-refractivity contribution in [3.8, 4) is 0 Å². The third-order valence-corrected chi connectivity index (χ3v) is 3.97. The predicted octanol–water partition coefficient (Wildman–Crippen LogP) is 1.35. The predicted molar refractivity (Wildman–Crippen MR) is 89.2 cm³/mol. The van der Waals surface area contributed by atoms with Gasteiger partial charge in [0.1, 0.15) is 0 Å². The van der Waals surface area contributed by atoms with Crippen LogP contribution in [0.5, 0.6) is 0 Å². The van der Waals surface area contributed by atoms with Crippen molar-refractivity contribution in [2.45, 2.75) is 19.4 Å². The van der Waals surface area contributed by atoms with Gasteiger partial charge in [0.25, 0.3) is 0 Å². The van der Waals surface area contributed by atoms with Crippen molar-refractivity contribution in [2.24, 2.45) is 0 Å². The summed E-state index contributed by atoms with van der Waals surface area (Å²) in [4.78, 5) is 16.5. The quantitative estimate of drug-likeness (QED) is 0.826. The Balaban J connectivity index is 1.69. The molecule has 1 aliphatic rings. The average molecular weight is 305 g/mol. The molecular formula is C17H27N3O2. The highest BCUT2D eigenvalue weighted by atomic mass is 16.5. The van der Waals surface area contributed by atoms with Gasteiger partial charge in [-0.05, 0) is 19.1 Å². The van der Waals surface area contributed by atoms with Gasteiger partial charge >= 0.3 is 0 Å². The van der Waals surface area contributed by atoms with Crippen LogP contribution < -0.4 is 10.2 Å². The molecule has 1 amide bonds. The fraction of sp³-hybridized carbons (Fsp3) is 0.588. The monoisotopic (exact) mass is 305 g/mol. The number of nitrogens with one attached hydrogen (secondary N) is 1. The molecule has 5 nitrogen and oxygen atoms in total. The molecule has 1 fully saturated rings. The molecule has 1 heterocycles. The molecule has 1 N–H and O–H groups in total. The highest BCUT2D eigenvalue weighted by Crippen LogP contribution is 2.15. The van der Waals surface area contributed by atoms with Crippen LogP contribution in [0.4, 0.5) is 5.69 Å². The first-order valence-corrected chi connectivity index (χ1v) is 7.99. The molecule has 0 radical (unpaired) electrons. The number of para-hydroxylation sites is 1. The van der Waals surface area contributed by atoms with E-state index in [1.807, 2.05) is 6.07 Å². The summed E-state index contributed by atoms with van der Waals surface area (Å²) in [6.07, 6.45) is 0.433. The maximum Gasteiger partial charge on any atom is 0.222 e. The zero-order chi connectivity index (χ0) is 15.8. The van der Waals surface area contributed by atoms with Crippen LogP contribution in [-0.4, -0.2) is 63.3 Å². The lowest BCUT2D eigenvalue weighted by atomic mass is 10.2. The minimum atomic E-state index is 0.0669. The van der Waals surface area contributed by atoms with Gasteiger partial charge in [0, 0.05) is 58.0 Å². The van der Waals surface area contributed by atoms with Crippen molar-refractivity contribution in [1.29, 1.82) is 0 Å². The maximum absolute atomic E-state index is 11.7. The first-order valence-electron chi connectivity index (χ1n) is 7.99. The Morgan fingerprint density at radius 1 is 1.23 bits per heavy atom. The minimum absolute atomic E-state index is 0.0669. The second kappa shape index (κ2) is 8.76. The Hall–Kier alpha value is -1.59. The van der Waals surface area contributed by atoms with E-state index in [9.17, 15) is 4.79 Å². The first kappa shape index (κ1) is 16.8. The number of anilines is 1. The third kappa shape index (κ3) is 5.31. The number of carbonyl (C=O) groups excluding carboxylic acids is 1. The third-order valence-electron chi connectivity index (χ3n) is 3.97. The van der Waals surface area contributed by atoms with Crippen LogP contribution in [0.3, 0.4) is 0 Å². The van der Waals surface area contributed by atoms with Crippen molar-refractivity contribution in [1.82, 2.24) is 10.2 Å². The average Bonchev–Trinajstić information content (AvgIpc) is 2.54. The van der Waals surface area contributed by atoms with E-state index in [0.717, 1.165) is 32.7 Å². The largest absolute Gasteiger partial charge is 0.384 e. The van der Waals surface area contributed by atoms with Crippen LogP contribution in [0.25, 0.3) is 0 Å². The van der Waals surface area contributed by atoms with Gasteiger partial charge in [0.15, 0.2) is 0 Å². The Morgan fingerprint density at radius 2 is 1.91 bits per heavy atom. The first-order chi connectivity index (χ1) is 10.7. The van der Waals surface area contributed by atoms with Crippen LogP contribution in [0.2, 0.25) is 0 Å². The molecule has 0 aliphatic carbocycles. The molecule has 1 aromatic carbocycles. The van der Waals surface area contributed by atoms with Gasteiger partial charge in [-0.2, -0.15) is 0 Å². The SMILES string of the molecule is COCCC(=O)N[C@H](C)CN1CCN(c2ccccc2)CC1. The Labute approximate surface area is 133 Å². The lowest BCUT2D eigenvalue weighted by Gasteiger charge is -2.37. The summed E-state index contributed by atoms with van der Waals surface area (Å²) in [5, 5.41) is 3.03. The van der Waals surface area contributed by atoms with E-state index < -0.39 is 0 Å². The molecule has 1 aliphatic heterocycles. The number of benzene rings is 1. The molecule has 0 spiro atoms. The minimum Gasteiger partial charge on any atom is -0.384 e. The number of amides is 1. The van der Waals surface area contributed by atoms with Gasteiger partial charge in [-0.1, -0.05) is 18.2 Å². The van der Waals surface area contributed by atoms with Crippen LogP contribution in [0.1, 0.15) is 13.3 Å². The number of nitrogens with zero attached hydrogens (tertiary/aromatic N) is 2. The van der Waals surface area contributed by atoms with E-state index in [1.54, 1.807) is 7.11 Å². The standard InChI is InChI=1S/C17H27N3O2/c1-15(18-17(21)8-13-22-2)14-19-9-11-20(12-10-19)16-6-4-3-5-7-16/h3-7,15H,8-14H2,1-2H3,(H,18,21)/t15-/m1/s1. The number of piperazine rings is 1. The summed E-state index contributed by atoms with van der Waals surface area (Å²) in [6, 6.07) is 10.7. The number of hydrogen-bond donors (Lipinski definition) is 1. The van der Waals surface area contributed by atoms with Crippen molar-refractivity contribution in [3.05, 3.63) is 30.3 Å². The van der Waals surface area contributed by atoms with Gasteiger partial charge in [0.2, 0.25) is 5.91 Å². The van der Waals surface area contributed by atoms with E-state index >= 15 is 0 Å². The van der Waals surface area contributed by atoms with Gasteiger partial charge in [-0.3, -0.25) is 9.69 Å². The number of rotatable bonds is 7. The molecule has 0 unspecified atom stereocenters. The second-order valence-corrected chi connectivity index (χ2v) is 5.83. The fourth-order valence-electron chi connectivity index (χ4n) is 2.80. The maximum atomic E-state index is 11.7. The summed E-state index contributed by atoms with van der Waals surface area (Å²) in [5.41, 5.74) is 1.29. The van der Waals surface area contributed by atoms with Gasteiger partial charge in [-0.15, -0.1) is 0 Å². The van der Waals surface area contributed by atoms with Crippen LogP contribution in [-0.2, 0) is 9.53 Å². The lowest BCUT2D eigenvalue weighted by Crippen LogP contribution is -2.50.